The molecule has 0 saturated carbocycles. The first-order chi connectivity index (χ1) is 16.4. The summed E-state index contributed by atoms with van der Waals surface area (Å²) in [6.45, 7) is 4.68. The predicted octanol–water partition coefficient (Wildman–Crippen LogP) is 5.33. The Kier molecular flexibility index (Phi) is 7.56. The molecule has 4 rings (SSSR count). The number of hydrogen-bond donors (Lipinski definition) is 2. The molecule has 1 fully saturated rings. The number of nitrogens with zero attached hydrogens (tertiary/aromatic N) is 2. The maximum atomic E-state index is 12.9. The third-order valence-electron chi connectivity index (χ3n) is 5.82. The van der Waals surface area contributed by atoms with Crippen molar-refractivity contribution < 1.29 is 9.59 Å². The number of carbonyl (C=O) groups excluding carboxylic acids is 2. The molecule has 9 heteroatoms. The van der Waals surface area contributed by atoms with E-state index in [0.29, 0.717) is 40.8 Å². The molecule has 34 heavy (non-hydrogen) atoms. The Hall–Kier alpha value is -2.87. The number of carbonyl (C=O) groups is 2. The molecule has 2 amide bonds. The maximum absolute atomic E-state index is 12.9. The second kappa shape index (κ2) is 10.6. The number of hydrogen-bond acceptors (Lipinski definition) is 4. The van der Waals surface area contributed by atoms with Crippen LogP contribution in [0.1, 0.15) is 23.7 Å². The third-order valence-corrected chi connectivity index (χ3v) is 6.66. The molecule has 0 aromatic heterocycles. The monoisotopic (exact) mass is 514 g/mol. The van der Waals surface area contributed by atoms with E-state index in [1.807, 2.05) is 42.2 Å². The molecular weight excluding hydrogens is 491 g/mol. The smallest absolute Gasteiger partial charge is 0.258 e. The van der Waals surface area contributed by atoms with Crippen LogP contribution in [-0.4, -0.2) is 48.0 Å². The van der Waals surface area contributed by atoms with Crippen LogP contribution in [0.15, 0.2) is 54.6 Å². The van der Waals surface area contributed by atoms with E-state index in [9.17, 15) is 9.59 Å². The largest absolute Gasteiger partial charge is 0.367 e. The second-order valence-electron chi connectivity index (χ2n) is 7.94. The van der Waals surface area contributed by atoms with Gasteiger partial charge in [-0.15, -0.1) is 0 Å². The molecular formula is C25H24Cl2N4O2S. The minimum atomic E-state index is -0.326. The minimum absolute atomic E-state index is 0.166. The van der Waals surface area contributed by atoms with Gasteiger partial charge in [0.1, 0.15) is 0 Å². The first-order valence-electron chi connectivity index (χ1n) is 11.0. The van der Waals surface area contributed by atoms with E-state index < -0.39 is 0 Å². The van der Waals surface area contributed by atoms with E-state index in [0.717, 1.165) is 29.5 Å². The van der Waals surface area contributed by atoms with Crippen molar-refractivity contribution in [3.05, 3.63) is 70.2 Å². The van der Waals surface area contributed by atoms with Crippen LogP contribution in [-0.2, 0) is 4.79 Å². The average Bonchev–Trinajstić information content (AvgIpc) is 2.83. The van der Waals surface area contributed by atoms with Crippen molar-refractivity contribution in [1.82, 2.24) is 10.2 Å². The molecule has 0 bridgehead atoms. The average molecular weight is 515 g/mol. The summed E-state index contributed by atoms with van der Waals surface area (Å²) in [7, 11) is 0. The molecule has 0 unspecified atom stereocenters. The van der Waals surface area contributed by atoms with Gasteiger partial charge in [-0.3, -0.25) is 14.9 Å². The second-order valence-corrected chi connectivity index (χ2v) is 9.16. The van der Waals surface area contributed by atoms with Gasteiger partial charge in [0.15, 0.2) is 5.11 Å². The molecule has 176 valence electrons. The Morgan fingerprint density at radius 1 is 0.941 bits per heavy atom. The number of fused-ring (bicyclic) bond motifs is 1. The quantitative estimate of drug-likeness (QED) is 0.460. The standard InChI is InChI=1S/C25H24Cl2N4O2S/c1-2-23(32)31-13-11-30(12-14-31)22-10-9-16(15-21(22)27)28-25(34)29-24(33)19-7-3-6-18-17(19)5-4-8-20(18)26/h3-10,15H,2,11-14H2,1H3,(H2,28,29,33,34). The molecule has 0 aliphatic carbocycles. The summed E-state index contributed by atoms with van der Waals surface area (Å²) in [6.07, 6.45) is 0.520. The Balaban J connectivity index is 1.40. The first-order valence-corrected chi connectivity index (χ1v) is 12.2. The Labute approximate surface area is 213 Å². The van der Waals surface area contributed by atoms with Crippen LogP contribution >= 0.6 is 35.4 Å². The van der Waals surface area contributed by atoms with Crippen LogP contribution < -0.4 is 15.5 Å². The fourth-order valence-corrected chi connectivity index (χ4v) is 4.81. The van der Waals surface area contributed by atoms with Gasteiger partial charge in [0.2, 0.25) is 5.91 Å². The van der Waals surface area contributed by atoms with E-state index in [1.54, 1.807) is 24.3 Å². The zero-order valence-corrected chi connectivity index (χ0v) is 20.9. The fourth-order valence-electron chi connectivity index (χ4n) is 4.06. The third kappa shape index (κ3) is 5.27. The van der Waals surface area contributed by atoms with E-state index in [2.05, 4.69) is 15.5 Å². The fraction of sp³-hybridized carbons (Fsp3) is 0.240. The van der Waals surface area contributed by atoms with Gasteiger partial charge in [-0.2, -0.15) is 0 Å². The van der Waals surface area contributed by atoms with Gasteiger partial charge < -0.3 is 15.1 Å². The normalized spacial score (nSPS) is 13.6. The summed E-state index contributed by atoms with van der Waals surface area (Å²) in [5.41, 5.74) is 2.05. The lowest BCUT2D eigenvalue weighted by Crippen LogP contribution is -2.48. The van der Waals surface area contributed by atoms with Crippen molar-refractivity contribution in [3.8, 4) is 0 Å². The summed E-state index contributed by atoms with van der Waals surface area (Å²) in [6, 6.07) is 16.4. The van der Waals surface area contributed by atoms with Crippen LogP contribution in [0.3, 0.4) is 0 Å². The van der Waals surface area contributed by atoms with Gasteiger partial charge in [0.25, 0.3) is 5.91 Å². The number of piperazine rings is 1. The van der Waals surface area contributed by atoms with E-state index >= 15 is 0 Å². The maximum Gasteiger partial charge on any atom is 0.258 e. The topological polar surface area (TPSA) is 64.7 Å². The number of halogens is 2. The molecule has 1 aliphatic rings. The highest BCUT2D eigenvalue weighted by Gasteiger charge is 2.21. The summed E-state index contributed by atoms with van der Waals surface area (Å²) in [5, 5.41) is 8.62. The van der Waals surface area contributed by atoms with Crippen molar-refractivity contribution >= 4 is 74.5 Å². The molecule has 2 N–H and O–H groups in total. The highest BCUT2D eigenvalue weighted by Crippen LogP contribution is 2.30. The number of benzene rings is 3. The van der Waals surface area contributed by atoms with Gasteiger partial charge in [0, 0.05) is 54.3 Å². The molecule has 3 aromatic rings. The summed E-state index contributed by atoms with van der Waals surface area (Å²) < 4.78 is 0. The van der Waals surface area contributed by atoms with Gasteiger partial charge in [-0.1, -0.05) is 54.4 Å². The van der Waals surface area contributed by atoms with Gasteiger partial charge in [-0.05, 0) is 47.9 Å². The number of thiocarbonyl (C=S) groups is 1. The molecule has 6 nitrogen and oxygen atoms in total. The van der Waals surface area contributed by atoms with E-state index in [4.69, 9.17) is 35.4 Å². The van der Waals surface area contributed by atoms with Crippen LogP contribution in [0.2, 0.25) is 10.0 Å². The summed E-state index contributed by atoms with van der Waals surface area (Å²) >= 11 is 18.2. The Morgan fingerprint density at radius 3 is 2.35 bits per heavy atom. The van der Waals surface area contributed by atoms with Crippen molar-refractivity contribution in [2.45, 2.75) is 13.3 Å². The molecule has 1 heterocycles. The van der Waals surface area contributed by atoms with E-state index in [-0.39, 0.29) is 16.9 Å². The van der Waals surface area contributed by atoms with Crippen LogP contribution in [0.5, 0.6) is 0 Å². The SMILES string of the molecule is CCC(=O)N1CCN(c2ccc(NC(=S)NC(=O)c3cccc4c(Cl)cccc34)cc2Cl)CC1. The Morgan fingerprint density at radius 2 is 1.65 bits per heavy atom. The van der Waals surface area contributed by atoms with Crippen LogP contribution in [0, 0.1) is 0 Å². The van der Waals surface area contributed by atoms with Gasteiger partial charge in [0.05, 0.1) is 10.7 Å². The van der Waals surface area contributed by atoms with Crippen LogP contribution in [0.25, 0.3) is 10.8 Å². The lowest BCUT2D eigenvalue weighted by Gasteiger charge is -2.36. The van der Waals surface area contributed by atoms with Crippen molar-refractivity contribution in [2.24, 2.45) is 0 Å². The van der Waals surface area contributed by atoms with Gasteiger partial charge in [-0.25, -0.2) is 0 Å². The van der Waals surface area contributed by atoms with Gasteiger partial charge >= 0.3 is 0 Å². The minimum Gasteiger partial charge on any atom is -0.367 e. The number of rotatable bonds is 4. The van der Waals surface area contributed by atoms with E-state index in [1.165, 1.54) is 0 Å². The highest BCUT2D eigenvalue weighted by atomic mass is 35.5. The zero-order valence-electron chi connectivity index (χ0n) is 18.6. The summed E-state index contributed by atoms with van der Waals surface area (Å²) in [5.74, 6) is -0.153. The van der Waals surface area contributed by atoms with Crippen molar-refractivity contribution in [1.29, 1.82) is 0 Å². The Bertz CT molecular complexity index is 1260. The molecule has 0 atom stereocenters. The molecule has 0 spiro atoms. The lowest BCUT2D eigenvalue weighted by molar-refractivity contribution is -0.131. The lowest BCUT2D eigenvalue weighted by atomic mass is 10.0. The number of amides is 2. The first kappa shape index (κ1) is 24.3. The highest BCUT2D eigenvalue weighted by molar-refractivity contribution is 7.80. The molecule has 1 saturated heterocycles. The van der Waals surface area contributed by atoms with Crippen molar-refractivity contribution in [3.63, 3.8) is 0 Å². The van der Waals surface area contributed by atoms with Crippen LogP contribution in [0.4, 0.5) is 11.4 Å². The molecule has 3 aromatic carbocycles. The number of anilines is 2. The predicted molar refractivity (Wildman–Crippen MR) is 143 cm³/mol. The van der Waals surface area contributed by atoms with Crippen molar-refractivity contribution in [2.75, 3.05) is 36.4 Å². The molecule has 1 aliphatic heterocycles. The summed E-state index contributed by atoms with van der Waals surface area (Å²) in [4.78, 5) is 28.8. The zero-order chi connectivity index (χ0) is 24.2. The molecule has 0 radical (unpaired) electrons. The number of nitrogens with one attached hydrogen (secondary N) is 2.